The third-order valence-corrected chi connectivity index (χ3v) is 3.85. The molecule has 0 fully saturated rings. The predicted molar refractivity (Wildman–Crippen MR) is 87.8 cm³/mol. The van der Waals surface area contributed by atoms with Crippen LogP contribution in [0.2, 0.25) is 5.02 Å². The van der Waals surface area contributed by atoms with Crippen molar-refractivity contribution in [2.75, 3.05) is 14.2 Å². The third-order valence-electron chi connectivity index (χ3n) is 3.62. The molecule has 8 heteroatoms. The zero-order valence-electron chi connectivity index (χ0n) is 13.5. The van der Waals surface area contributed by atoms with Crippen molar-refractivity contribution in [1.82, 2.24) is 0 Å². The van der Waals surface area contributed by atoms with Crippen molar-refractivity contribution >= 4 is 23.5 Å². The van der Waals surface area contributed by atoms with E-state index in [4.69, 9.17) is 26.8 Å². The number of nitriles is 1. The molecule has 0 amide bonds. The third kappa shape index (κ3) is 3.75. The fourth-order valence-corrected chi connectivity index (χ4v) is 2.70. The number of halogens is 1. The minimum Gasteiger partial charge on any atom is -0.469 e. The zero-order valence-corrected chi connectivity index (χ0v) is 14.3. The summed E-state index contributed by atoms with van der Waals surface area (Å²) in [5.41, 5.74) is 6.40. The van der Waals surface area contributed by atoms with E-state index in [1.165, 1.54) is 14.2 Å². The van der Waals surface area contributed by atoms with Crippen LogP contribution in [0.5, 0.6) is 0 Å². The number of carbonyl (C=O) groups is 2. The molecule has 1 aromatic carbocycles. The van der Waals surface area contributed by atoms with Crippen molar-refractivity contribution in [1.29, 1.82) is 5.26 Å². The lowest BCUT2D eigenvalue weighted by Gasteiger charge is -2.27. The number of rotatable bonds is 4. The molecule has 25 heavy (non-hydrogen) atoms. The van der Waals surface area contributed by atoms with Crippen LogP contribution in [-0.2, 0) is 23.8 Å². The molecule has 0 unspecified atom stereocenters. The first kappa shape index (κ1) is 18.4. The summed E-state index contributed by atoms with van der Waals surface area (Å²) < 4.78 is 14.8. The molecule has 0 radical (unpaired) electrons. The Hall–Kier alpha value is -2.98. The molecule has 2 N–H and O–H groups in total. The van der Waals surface area contributed by atoms with Crippen molar-refractivity contribution in [3.63, 3.8) is 0 Å². The average molecular weight is 363 g/mol. The summed E-state index contributed by atoms with van der Waals surface area (Å²) in [4.78, 5) is 24.0. The fraction of sp³-hybridized carbons (Fsp3) is 0.235. The van der Waals surface area contributed by atoms with Gasteiger partial charge in [0.1, 0.15) is 23.8 Å². The van der Waals surface area contributed by atoms with E-state index in [-0.39, 0.29) is 29.2 Å². The van der Waals surface area contributed by atoms with Gasteiger partial charge in [-0.05, 0) is 17.7 Å². The van der Waals surface area contributed by atoms with Gasteiger partial charge in [0.15, 0.2) is 0 Å². The van der Waals surface area contributed by atoms with E-state index in [0.717, 1.165) is 0 Å². The number of carbonyl (C=O) groups excluding carboxylic acids is 2. The number of hydrogen-bond acceptors (Lipinski definition) is 7. The summed E-state index contributed by atoms with van der Waals surface area (Å²) in [6, 6.07) is 8.56. The summed E-state index contributed by atoms with van der Waals surface area (Å²) in [7, 11) is 2.39. The largest absolute Gasteiger partial charge is 0.469 e. The van der Waals surface area contributed by atoms with E-state index >= 15 is 0 Å². The molecule has 0 aromatic heterocycles. The first-order chi connectivity index (χ1) is 11.9. The molecule has 0 spiro atoms. The number of ether oxygens (including phenoxy) is 3. The monoisotopic (exact) mass is 362 g/mol. The Morgan fingerprint density at radius 3 is 2.64 bits per heavy atom. The second-order valence-corrected chi connectivity index (χ2v) is 5.50. The zero-order chi connectivity index (χ0) is 18.6. The van der Waals surface area contributed by atoms with Crippen LogP contribution in [0.1, 0.15) is 17.9 Å². The molecule has 0 aliphatic carbocycles. The molecule has 1 aliphatic heterocycles. The molecule has 2 rings (SSSR count). The van der Waals surface area contributed by atoms with Gasteiger partial charge in [0, 0.05) is 5.02 Å². The Balaban J connectivity index is 2.69. The van der Waals surface area contributed by atoms with E-state index in [1.54, 1.807) is 24.3 Å². The van der Waals surface area contributed by atoms with Gasteiger partial charge in [0.25, 0.3) is 0 Å². The molecular formula is C17H15ClN2O5. The SMILES string of the molecule is COC(=O)CC1=C(C(=O)OC)[C@@H](c2cccc(Cl)c2)C(C#N)=C(N)O1. The summed E-state index contributed by atoms with van der Waals surface area (Å²) >= 11 is 6.03. The highest BCUT2D eigenvalue weighted by Crippen LogP contribution is 2.41. The summed E-state index contributed by atoms with van der Waals surface area (Å²) in [6.45, 7) is 0. The normalized spacial score (nSPS) is 16.8. The maximum absolute atomic E-state index is 12.4. The highest BCUT2D eigenvalue weighted by molar-refractivity contribution is 6.30. The average Bonchev–Trinajstić information content (AvgIpc) is 2.60. The van der Waals surface area contributed by atoms with Crippen LogP contribution >= 0.6 is 11.6 Å². The molecule has 130 valence electrons. The van der Waals surface area contributed by atoms with Crippen molar-refractivity contribution in [3.05, 3.63) is 57.6 Å². The number of nitrogens with two attached hydrogens (primary N) is 1. The smallest absolute Gasteiger partial charge is 0.338 e. The number of nitrogens with zero attached hydrogens (tertiary/aromatic N) is 1. The molecule has 0 saturated carbocycles. The van der Waals surface area contributed by atoms with E-state index in [9.17, 15) is 14.9 Å². The lowest BCUT2D eigenvalue weighted by molar-refractivity contribution is -0.140. The lowest BCUT2D eigenvalue weighted by atomic mass is 9.82. The second-order valence-electron chi connectivity index (χ2n) is 5.06. The first-order valence-corrected chi connectivity index (χ1v) is 7.51. The van der Waals surface area contributed by atoms with Gasteiger partial charge in [-0.1, -0.05) is 23.7 Å². The minimum atomic E-state index is -0.871. The minimum absolute atomic E-state index is 0.000849. The molecule has 1 heterocycles. The Morgan fingerprint density at radius 1 is 1.36 bits per heavy atom. The van der Waals surface area contributed by atoms with E-state index < -0.39 is 17.9 Å². The number of methoxy groups -OCH3 is 2. The fourth-order valence-electron chi connectivity index (χ4n) is 2.51. The molecule has 0 bridgehead atoms. The molecule has 1 atom stereocenters. The summed E-state index contributed by atoms with van der Waals surface area (Å²) in [5.74, 6) is -2.47. The van der Waals surface area contributed by atoms with Crippen molar-refractivity contribution < 1.29 is 23.8 Å². The van der Waals surface area contributed by atoms with Gasteiger partial charge in [-0.3, -0.25) is 4.79 Å². The molecule has 1 aliphatic rings. The molecule has 0 saturated heterocycles. The Morgan fingerprint density at radius 2 is 2.08 bits per heavy atom. The Bertz CT molecular complexity index is 823. The number of esters is 2. The Labute approximate surface area is 149 Å². The summed E-state index contributed by atoms with van der Waals surface area (Å²) in [6.07, 6.45) is -0.336. The molecular weight excluding hydrogens is 348 g/mol. The first-order valence-electron chi connectivity index (χ1n) is 7.14. The quantitative estimate of drug-likeness (QED) is 0.816. The highest BCUT2D eigenvalue weighted by Gasteiger charge is 2.38. The van der Waals surface area contributed by atoms with Crippen LogP contribution in [0.3, 0.4) is 0 Å². The van der Waals surface area contributed by atoms with Crippen LogP contribution in [-0.4, -0.2) is 26.2 Å². The predicted octanol–water partition coefficient (Wildman–Crippen LogP) is 2.14. The standard InChI is InChI=1S/C17H15ClN2O5/c1-23-13(21)7-12-15(17(22)24-2)14(11(8-19)16(20)25-12)9-4-3-5-10(18)6-9/h3-6,14H,7,20H2,1-2H3/t14-/m0/s1. The van der Waals surface area contributed by atoms with Gasteiger partial charge in [-0.2, -0.15) is 5.26 Å². The van der Waals surface area contributed by atoms with E-state index in [2.05, 4.69) is 4.74 Å². The topological polar surface area (TPSA) is 112 Å². The van der Waals surface area contributed by atoms with Gasteiger partial charge in [-0.15, -0.1) is 0 Å². The van der Waals surface area contributed by atoms with Crippen LogP contribution < -0.4 is 5.73 Å². The van der Waals surface area contributed by atoms with Gasteiger partial charge in [0.05, 0.1) is 25.7 Å². The van der Waals surface area contributed by atoms with Crippen molar-refractivity contribution in [3.8, 4) is 6.07 Å². The summed E-state index contributed by atoms with van der Waals surface area (Å²) in [5, 5.41) is 9.90. The van der Waals surface area contributed by atoms with Crippen LogP contribution in [0.4, 0.5) is 0 Å². The van der Waals surface area contributed by atoms with Crippen molar-refractivity contribution in [2.24, 2.45) is 5.73 Å². The van der Waals surface area contributed by atoms with Crippen LogP contribution in [0.15, 0.2) is 47.1 Å². The maximum Gasteiger partial charge on any atom is 0.338 e. The number of hydrogen-bond donors (Lipinski definition) is 1. The molecule has 1 aromatic rings. The Kier molecular flexibility index (Phi) is 5.67. The lowest BCUT2D eigenvalue weighted by Crippen LogP contribution is -2.26. The maximum atomic E-state index is 12.4. The van der Waals surface area contributed by atoms with Crippen LogP contribution in [0.25, 0.3) is 0 Å². The van der Waals surface area contributed by atoms with Gasteiger partial charge in [-0.25, -0.2) is 4.79 Å². The van der Waals surface area contributed by atoms with Gasteiger partial charge < -0.3 is 19.9 Å². The molecule has 7 nitrogen and oxygen atoms in total. The number of benzene rings is 1. The van der Waals surface area contributed by atoms with Crippen molar-refractivity contribution in [2.45, 2.75) is 12.3 Å². The van der Waals surface area contributed by atoms with Gasteiger partial charge in [0.2, 0.25) is 5.88 Å². The second kappa shape index (κ2) is 7.73. The van der Waals surface area contributed by atoms with Crippen LogP contribution in [0, 0.1) is 11.3 Å². The van der Waals surface area contributed by atoms with E-state index in [0.29, 0.717) is 10.6 Å². The van der Waals surface area contributed by atoms with E-state index in [1.807, 2.05) is 6.07 Å². The highest BCUT2D eigenvalue weighted by atomic mass is 35.5. The van der Waals surface area contributed by atoms with Gasteiger partial charge >= 0.3 is 11.9 Å². The number of allylic oxidation sites excluding steroid dienone is 1.